The first kappa shape index (κ1) is 24.8. The first-order chi connectivity index (χ1) is 13.1. The Bertz CT molecular complexity index is 597. The minimum absolute atomic E-state index is 0.0170. The van der Waals surface area contributed by atoms with Gasteiger partial charge in [-0.2, -0.15) is 0 Å². The maximum absolute atomic E-state index is 12.0. The summed E-state index contributed by atoms with van der Waals surface area (Å²) in [5, 5.41) is 0. The van der Waals surface area contributed by atoms with Crippen molar-refractivity contribution in [2.75, 3.05) is 39.4 Å². The molecule has 0 aromatic heterocycles. The van der Waals surface area contributed by atoms with Crippen LogP contribution in [0.15, 0.2) is 49.6 Å². The van der Waals surface area contributed by atoms with E-state index in [1.807, 2.05) is 0 Å². The third-order valence-corrected chi connectivity index (χ3v) is 3.50. The van der Waals surface area contributed by atoms with Gasteiger partial charge < -0.3 is 19.3 Å². The van der Waals surface area contributed by atoms with Crippen LogP contribution >= 0.6 is 0 Å². The monoisotopic (exact) mass is 392 g/mol. The fraction of sp³-hybridized carbons (Fsp3) is 0.400. The fourth-order valence-electron chi connectivity index (χ4n) is 1.91. The zero-order valence-electron chi connectivity index (χ0n) is 16.6. The van der Waals surface area contributed by atoms with E-state index in [1.165, 1.54) is 23.6 Å². The molecule has 0 N–H and O–H groups in total. The Labute approximate surface area is 165 Å². The summed E-state index contributed by atoms with van der Waals surface area (Å²) in [4.78, 5) is 49.6. The summed E-state index contributed by atoms with van der Waals surface area (Å²) in [6.07, 6.45) is 2.27. The number of esters is 2. The van der Waals surface area contributed by atoms with E-state index in [0.717, 1.165) is 12.2 Å². The van der Waals surface area contributed by atoms with E-state index in [0.29, 0.717) is 0 Å². The molecule has 0 unspecified atom stereocenters. The van der Waals surface area contributed by atoms with Crippen LogP contribution in [0.5, 0.6) is 0 Å². The molecule has 0 aromatic carbocycles. The van der Waals surface area contributed by atoms with Crippen LogP contribution in [0.1, 0.15) is 13.8 Å². The molecular formula is C20H28N2O6. The Hall–Kier alpha value is -3.16. The van der Waals surface area contributed by atoms with Crippen molar-refractivity contribution in [1.29, 1.82) is 0 Å². The summed E-state index contributed by atoms with van der Waals surface area (Å²) in [7, 11) is 0. The van der Waals surface area contributed by atoms with Gasteiger partial charge in [-0.15, -0.1) is 0 Å². The molecule has 0 aliphatic rings. The van der Waals surface area contributed by atoms with Crippen LogP contribution in [0, 0.1) is 0 Å². The lowest BCUT2D eigenvalue weighted by Crippen LogP contribution is -2.42. The normalized spacial score (nSPS) is 9.64. The Balaban J connectivity index is 4.77. The van der Waals surface area contributed by atoms with Gasteiger partial charge in [-0.3, -0.25) is 9.59 Å². The standard InChI is InChI=1S/C20H28N2O6/c1-7-17(23)21(11-13-27-19(25)15(3)4)9-10-22(18(24)8-2)12-14-28-20(26)16(5)6/h7-8H,1-3,5,9-14H2,4,6H3. The van der Waals surface area contributed by atoms with E-state index in [2.05, 4.69) is 26.3 Å². The van der Waals surface area contributed by atoms with E-state index in [4.69, 9.17) is 9.47 Å². The number of carbonyl (C=O) groups excluding carboxylic acids is 4. The molecule has 154 valence electrons. The fourth-order valence-corrected chi connectivity index (χ4v) is 1.91. The van der Waals surface area contributed by atoms with Crippen molar-refractivity contribution in [2.24, 2.45) is 0 Å². The smallest absolute Gasteiger partial charge is 0.333 e. The zero-order valence-corrected chi connectivity index (χ0v) is 16.6. The van der Waals surface area contributed by atoms with Crippen molar-refractivity contribution in [1.82, 2.24) is 9.80 Å². The van der Waals surface area contributed by atoms with Crippen LogP contribution in [-0.4, -0.2) is 72.9 Å². The second-order valence-electron chi connectivity index (χ2n) is 5.89. The molecule has 0 rings (SSSR count). The third kappa shape index (κ3) is 9.51. The Kier molecular flexibility index (Phi) is 11.6. The average Bonchev–Trinajstić information content (AvgIpc) is 2.66. The molecule has 2 amide bonds. The largest absolute Gasteiger partial charge is 0.460 e. The molecule has 0 aliphatic heterocycles. The number of ether oxygens (including phenoxy) is 2. The number of carbonyl (C=O) groups is 4. The second kappa shape index (κ2) is 13.1. The lowest BCUT2D eigenvalue weighted by atomic mass is 10.3. The number of nitrogens with zero attached hydrogens (tertiary/aromatic N) is 2. The maximum Gasteiger partial charge on any atom is 0.333 e. The highest BCUT2D eigenvalue weighted by atomic mass is 16.5. The van der Waals surface area contributed by atoms with Gasteiger partial charge in [0.25, 0.3) is 0 Å². The van der Waals surface area contributed by atoms with Crippen LogP contribution in [0.4, 0.5) is 0 Å². The van der Waals surface area contributed by atoms with Crippen LogP contribution in [-0.2, 0) is 28.7 Å². The minimum Gasteiger partial charge on any atom is -0.460 e. The van der Waals surface area contributed by atoms with Crippen LogP contribution in [0.2, 0.25) is 0 Å². The lowest BCUT2D eigenvalue weighted by molar-refractivity contribution is -0.142. The van der Waals surface area contributed by atoms with E-state index >= 15 is 0 Å². The Morgan fingerprint density at radius 2 is 1.04 bits per heavy atom. The minimum atomic E-state index is -0.547. The summed E-state index contributed by atoms with van der Waals surface area (Å²) < 4.78 is 9.98. The molecule has 0 saturated carbocycles. The van der Waals surface area contributed by atoms with Gasteiger partial charge in [0, 0.05) is 24.2 Å². The molecule has 0 heterocycles. The van der Waals surface area contributed by atoms with Crippen molar-refractivity contribution in [3.63, 3.8) is 0 Å². The molecular weight excluding hydrogens is 364 g/mol. The summed E-state index contributed by atoms with van der Waals surface area (Å²) in [5.74, 6) is -1.83. The highest BCUT2D eigenvalue weighted by molar-refractivity contribution is 5.89. The number of amides is 2. The Morgan fingerprint density at radius 1 is 0.714 bits per heavy atom. The summed E-state index contributed by atoms with van der Waals surface area (Å²) in [6, 6.07) is 0. The van der Waals surface area contributed by atoms with Crippen molar-refractivity contribution >= 4 is 23.8 Å². The van der Waals surface area contributed by atoms with Gasteiger partial charge in [0.15, 0.2) is 0 Å². The average molecular weight is 392 g/mol. The summed E-state index contributed by atoms with van der Waals surface area (Å²) in [5.41, 5.74) is 0.516. The van der Waals surface area contributed by atoms with E-state index in [9.17, 15) is 19.2 Å². The molecule has 28 heavy (non-hydrogen) atoms. The highest BCUT2D eigenvalue weighted by Gasteiger charge is 2.16. The number of hydrogen-bond donors (Lipinski definition) is 0. The van der Waals surface area contributed by atoms with Gasteiger partial charge in [0.05, 0.1) is 13.1 Å². The number of rotatable bonds is 13. The zero-order chi connectivity index (χ0) is 21.7. The molecule has 0 fully saturated rings. The molecule has 0 spiro atoms. The predicted octanol–water partition coefficient (Wildman–Crippen LogP) is 1.25. The summed E-state index contributed by atoms with van der Waals surface area (Å²) >= 11 is 0. The van der Waals surface area contributed by atoms with E-state index in [1.54, 1.807) is 0 Å². The Morgan fingerprint density at radius 3 is 1.29 bits per heavy atom. The summed E-state index contributed by atoms with van der Waals surface area (Å²) in [6.45, 7) is 17.4. The maximum atomic E-state index is 12.0. The first-order valence-electron chi connectivity index (χ1n) is 8.62. The molecule has 0 aromatic rings. The second-order valence-corrected chi connectivity index (χ2v) is 5.89. The third-order valence-electron chi connectivity index (χ3n) is 3.50. The quantitative estimate of drug-likeness (QED) is 0.346. The van der Waals surface area contributed by atoms with Gasteiger partial charge in [-0.25, -0.2) is 9.59 Å². The SMILES string of the molecule is C=CC(=O)N(CCOC(=O)C(=C)C)CCN(CCOC(=O)C(=C)C)C(=O)C=C. The van der Waals surface area contributed by atoms with Crippen molar-refractivity contribution in [2.45, 2.75) is 13.8 Å². The van der Waals surface area contributed by atoms with Crippen LogP contribution in [0.3, 0.4) is 0 Å². The molecule has 8 nitrogen and oxygen atoms in total. The van der Waals surface area contributed by atoms with E-state index in [-0.39, 0.29) is 62.4 Å². The van der Waals surface area contributed by atoms with Crippen molar-refractivity contribution < 1.29 is 28.7 Å². The highest BCUT2D eigenvalue weighted by Crippen LogP contribution is 2.00. The van der Waals surface area contributed by atoms with Crippen LogP contribution < -0.4 is 0 Å². The van der Waals surface area contributed by atoms with Crippen LogP contribution in [0.25, 0.3) is 0 Å². The van der Waals surface area contributed by atoms with Crippen molar-refractivity contribution in [3.05, 3.63) is 49.6 Å². The van der Waals surface area contributed by atoms with E-state index < -0.39 is 11.9 Å². The van der Waals surface area contributed by atoms with Crippen molar-refractivity contribution in [3.8, 4) is 0 Å². The molecule has 0 saturated heterocycles. The number of hydrogen-bond acceptors (Lipinski definition) is 6. The van der Waals surface area contributed by atoms with Gasteiger partial charge in [0.1, 0.15) is 13.2 Å². The lowest BCUT2D eigenvalue weighted by Gasteiger charge is -2.26. The molecule has 0 radical (unpaired) electrons. The molecule has 0 aliphatic carbocycles. The molecule has 0 bridgehead atoms. The van der Waals surface area contributed by atoms with Gasteiger partial charge in [-0.05, 0) is 26.0 Å². The molecule has 8 heteroatoms. The van der Waals surface area contributed by atoms with Gasteiger partial charge >= 0.3 is 11.9 Å². The van der Waals surface area contributed by atoms with Gasteiger partial charge in [-0.1, -0.05) is 26.3 Å². The first-order valence-corrected chi connectivity index (χ1v) is 8.62. The van der Waals surface area contributed by atoms with Gasteiger partial charge in [0.2, 0.25) is 11.8 Å². The topological polar surface area (TPSA) is 93.2 Å². The predicted molar refractivity (Wildman–Crippen MR) is 105 cm³/mol. The molecule has 0 atom stereocenters.